The molecule has 0 radical (unpaired) electrons. The Labute approximate surface area is 88.7 Å². The van der Waals surface area contributed by atoms with Gasteiger partial charge in [0.15, 0.2) is 11.6 Å². The summed E-state index contributed by atoms with van der Waals surface area (Å²) >= 11 is 1.53. The van der Waals surface area contributed by atoms with Crippen molar-refractivity contribution in [3.63, 3.8) is 0 Å². The number of hydrogen-bond acceptors (Lipinski definition) is 2. The van der Waals surface area contributed by atoms with Crippen LogP contribution in [0.3, 0.4) is 0 Å². The maximum atomic E-state index is 13.4. The molecule has 0 saturated heterocycles. The molecule has 3 heteroatoms. The number of halogens is 1. The van der Waals surface area contributed by atoms with Crippen molar-refractivity contribution < 1.29 is 9.13 Å². The van der Waals surface area contributed by atoms with Crippen LogP contribution in [0.15, 0.2) is 18.2 Å². The molecule has 0 bridgehead atoms. The van der Waals surface area contributed by atoms with Crippen molar-refractivity contribution in [2.24, 2.45) is 0 Å². The van der Waals surface area contributed by atoms with Gasteiger partial charge in [0.2, 0.25) is 0 Å². The number of ether oxygens (including phenoxy) is 1. The van der Waals surface area contributed by atoms with Gasteiger partial charge in [-0.3, -0.25) is 0 Å². The zero-order valence-corrected chi connectivity index (χ0v) is 9.53. The van der Waals surface area contributed by atoms with Gasteiger partial charge in [-0.25, -0.2) is 4.39 Å². The van der Waals surface area contributed by atoms with E-state index in [-0.39, 0.29) is 5.82 Å². The van der Waals surface area contributed by atoms with E-state index in [2.05, 4.69) is 0 Å². The van der Waals surface area contributed by atoms with E-state index in [1.807, 2.05) is 26.2 Å². The van der Waals surface area contributed by atoms with Gasteiger partial charge in [-0.1, -0.05) is 19.9 Å². The van der Waals surface area contributed by atoms with Crippen molar-refractivity contribution in [1.29, 1.82) is 0 Å². The van der Waals surface area contributed by atoms with E-state index in [0.29, 0.717) is 17.6 Å². The predicted octanol–water partition coefficient (Wildman–Crippen LogP) is 3.65. The molecule has 0 amide bonds. The fraction of sp³-hybridized carbons (Fsp3) is 0.455. The van der Waals surface area contributed by atoms with Crippen LogP contribution < -0.4 is 4.74 Å². The molecule has 1 aromatic rings. The Morgan fingerprint density at radius 3 is 2.64 bits per heavy atom. The quantitative estimate of drug-likeness (QED) is 0.707. The zero-order chi connectivity index (χ0) is 10.6. The Hall–Kier alpha value is -0.700. The van der Waals surface area contributed by atoms with Crippen molar-refractivity contribution in [1.82, 2.24) is 0 Å². The van der Waals surface area contributed by atoms with E-state index >= 15 is 0 Å². The first-order valence-electron chi connectivity index (χ1n) is 4.56. The highest BCUT2D eigenvalue weighted by atomic mass is 32.2. The van der Waals surface area contributed by atoms with Crippen LogP contribution in [0, 0.1) is 5.82 Å². The maximum absolute atomic E-state index is 13.4. The minimum atomic E-state index is -0.273. The molecular weight excluding hydrogens is 199 g/mol. The van der Waals surface area contributed by atoms with E-state index in [1.165, 1.54) is 11.8 Å². The van der Waals surface area contributed by atoms with E-state index < -0.39 is 0 Å². The van der Waals surface area contributed by atoms with Crippen molar-refractivity contribution >= 4 is 11.8 Å². The average molecular weight is 214 g/mol. The summed E-state index contributed by atoms with van der Waals surface area (Å²) in [6.07, 6.45) is 1.92. The van der Waals surface area contributed by atoms with Gasteiger partial charge in [0.05, 0.1) is 0 Å². The third-order valence-electron chi connectivity index (χ3n) is 1.95. The second-order valence-electron chi connectivity index (χ2n) is 3.40. The number of hydrogen-bond donors (Lipinski definition) is 0. The van der Waals surface area contributed by atoms with Crippen LogP contribution in [0.25, 0.3) is 0 Å². The van der Waals surface area contributed by atoms with Gasteiger partial charge in [-0.2, -0.15) is 0 Å². The molecule has 0 aliphatic rings. The first kappa shape index (κ1) is 11.4. The van der Waals surface area contributed by atoms with Crippen LogP contribution in [0.5, 0.6) is 5.75 Å². The first-order valence-corrected chi connectivity index (χ1v) is 5.95. The second-order valence-corrected chi connectivity index (χ2v) is 4.21. The van der Waals surface area contributed by atoms with Gasteiger partial charge in [-0.15, -0.1) is 11.8 Å². The zero-order valence-electron chi connectivity index (χ0n) is 8.71. The first-order chi connectivity index (χ1) is 6.65. The van der Waals surface area contributed by atoms with Gasteiger partial charge < -0.3 is 4.74 Å². The third kappa shape index (κ3) is 2.91. The van der Waals surface area contributed by atoms with Crippen molar-refractivity contribution in [2.75, 3.05) is 12.2 Å². The summed E-state index contributed by atoms with van der Waals surface area (Å²) in [4.78, 5) is 0. The Bertz CT molecular complexity index is 299. The lowest BCUT2D eigenvalue weighted by molar-refractivity contribution is 0.368. The lowest BCUT2D eigenvalue weighted by atomic mass is 10.0. The monoisotopic (exact) mass is 214 g/mol. The molecule has 14 heavy (non-hydrogen) atoms. The smallest absolute Gasteiger partial charge is 0.165 e. The van der Waals surface area contributed by atoms with Crippen LogP contribution in [0.2, 0.25) is 0 Å². The molecule has 0 spiro atoms. The number of benzene rings is 1. The van der Waals surface area contributed by atoms with E-state index in [1.54, 1.807) is 12.1 Å². The van der Waals surface area contributed by atoms with Crippen LogP contribution >= 0.6 is 11.8 Å². The molecule has 1 aromatic carbocycles. The third-order valence-corrected chi connectivity index (χ3v) is 2.31. The minimum absolute atomic E-state index is 0.273. The second kappa shape index (κ2) is 5.25. The molecule has 0 fully saturated rings. The Morgan fingerprint density at radius 2 is 2.14 bits per heavy atom. The van der Waals surface area contributed by atoms with Crippen molar-refractivity contribution in [3.8, 4) is 5.75 Å². The summed E-state index contributed by atoms with van der Waals surface area (Å²) in [5.74, 6) is 0.894. The van der Waals surface area contributed by atoms with Gasteiger partial charge in [0, 0.05) is 0 Å². The fourth-order valence-corrected chi connectivity index (χ4v) is 1.36. The fourth-order valence-electron chi connectivity index (χ4n) is 1.12. The summed E-state index contributed by atoms with van der Waals surface area (Å²) < 4.78 is 18.6. The topological polar surface area (TPSA) is 9.23 Å². The van der Waals surface area contributed by atoms with Crippen LogP contribution in [-0.4, -0.2) is 12.2 Å². The minimum Gasteiger partial charge on any atom is -0.480 e. The lowest BCUT2D eigenvalue weighted by Crippen LogP contribution is -1.96. The maximum Gasteiger partial charge on any atom is 0.165 e. The molecule has 0 atom stereocenters. The molecule has 0 unspecified atom stereocenters. The summed E-state index contributed by atoms with van der Waals surface area (Å²) in [7, 11) is 0. The molecule has 0 N–H and O–H groups in total. The van der Waals surface area contributed by atoms with Crippen LogP contribution in [0.1, 0.15) is 25.3 Å². The molecule has 0 aromatic heterocycles. The highest BCUT2D eigenvalue weighted by molar-refractivity contribution is 7.98. The van der Waals surface area contributed by atoms with E-state index in [4.69, 9.17) is 4.74 Å². The number of thioether (sulfide) groups is 1. The van der Waals surface area contributed by atoms with Crippen LogP contribution in [-0.2, 0) is 0 Å². The van der Waals surface area contributed by atoms with Crippen LogP contribution in [0.4, 0.5) is 4.39 Å². The lowest BCUT2D eigenvalue weighted by Gasteiger charge is -2.09. The molecular formula is C11H15FOS. The molecule has 0 heterocycles. The molecule has 1 rings (SSSR count). The largest absolute Gasteiger partial charge is 0.480 e. The van der Waals surface area contributed by atoms with Gasteiger partial charge in [-0.05, 0) is 29.9 Å². The highest BCUT2D eigenvalue weighted by Gasteiger charge is 2.06. The molecule has 1 nitrogen and oxygen atoms in total. The van der Waals surface area contributed by atoms with E-state index in [9.17, 15) is 4.39 Å². The summed E-state index contributed by atoms with van der Waals surface area (Å²) in [6, 6.07) is 5.14. The summed E-state index contributed by atoms with van der Waals surface area (Å²) in [5.41, 5.74) is 0.999. The Balaban J connectivity index is 2.79. The SMILES string of the molecule is CSCOc1ccc(C(C)C)cc1F. The Morgan fingerprint density at radius 1 is 1.43 bits per heavy atom. The van der Waals surface area contributed by atoms with Gasteiger partial charge in [0.1, 0.15) is 5.94 Å². The number of rotatable bonds is 4. The van der Waals surface area contributed by atoms with Crippen molar-refractivity contribution in [2.45, 2.75) is 19.8 Å². The van der Waals surface area contributed by atoms with Gasteiger partial charge in [0.25, 0.3) is 0 Å². The van der Waals surface area contributed by atoms with Crippen molar-refractivity contribution in [3.05, 3.63) is 29.6 Å². The van der Waals surface area contributed by atoms with E-state index in [0.717, 1.165) is 5.56 Å². The molecule has 78 valence electrons. The average Bonchev–Trinajstić information content (AvgIpc) is 2.15. The normalized spacial score (nSPS) is 10.6. The molecule has 0 saturated carbocycles. The Kier molecular flexibility index (Phi) is 4.26. The van der Waals surface area contributed by atoms with Gasteiger partial charge >= 0.3 is 0 Å². The predicted molar refractivity (Wildman–Crippen MR) is 59.5 cm³/mol. The standard InChI is InChI=1S/C11H15FOS/c1-8(2)9-4-5-11(10(12)6-9)13-7-14-3/h4-6,8H,7H2,1-3H3. The molecule has 0 aliphatic carbocycles. The highest BCUT2D eigenvalue weighted by Crippen LogP contribution is 2.23. The summed E-state index contributed by atoms with van der Waals surface area (Å²) in [6.45, 7) is 4.08. The summed E-state index contributed by atoms with van der Waals surface area (Å²) in [5, 5.41) is 0. The molecule has 0 aliphatic heterocycles.